The number of aldehydes is 1. The van der Waals surface area contributed by atoms with Gasteiger partial charge in [0.1, 0.15) is 6.29 Å². The van der Waals surface area contributed by atoms with Crippen LogP contribution >= 0.6 is 0 Å². The van der Waals surface area contributed by atoms with Crippen molar-refractivity contribution in [2.75, 3.05) is 0 Å². The molecule has 0 aromatic heterocycles. The van der Waals surface area contributed by atoms with E-state index in [0.717, 1.165) is 44.8 Å². The van der Waals surface area contributed by atoms with E-state index in [-0.39, 0.29) is 0 Å². The summed E-state index contributed by atoms with van der Waals surface area (Å²) >= 11 is 0. The van der Waals surface area contributed by atoms with Crippen LogP contribution in [0.2, 0.25) is 0 Å². The minimum atomic E-state index is -0.427. The van der Waals surface area contributed by atoms with Gasteiger partial charge in [0, 0.05) is 0 Å². The van der Waals surface area contributed by atoms with E-state index in [1.54, 1.807) is 0 Å². The van der Waals surface area contributed by atoms with Gasteiger partial charge in [-0.05, 0) is 44.6 Å². The molecule has 2 heteroatoms. The first-order chi connectivity index (χ1) is 10.1. The third kappa shape index (κ3) is 12.3. The van der Waals surface area contributed by atoms with E-state index in [1.165, 1.54) is 12.5 Å². The number of carbonyl (C=O) groups excluding carboxylic acids is 1. The Hall–Kier alpha value is -1.15. The predicted octanol–water partition coefficient (Wildman–Crippen LogP) is 5.18. The first kappa shape index (κ1) is 22.1. The molecular formula is C19H34O2. The van der Waals surface area contributed by atoms with E-state index in [9.17, 15) is 5.11 Å². The molecule has 1 rings (SSSR count). The van der Waals surface area contributed by atoms with Crippen molar-refractivity contribution in [3.05, 3.63) is 35.9 Å². The van der Waals surface area contributed by atoms with E-state index in [1.807, 2.05) is 19.9 Å². The molecule has 1 aromatic carbocycles. The van der Waals surface area contributed by atoms with E-state index in [2.05, 4.69) is 38.1 Å². The Balaban J connectivity index is 0. The van der Waals surface area contributed by atoms with Crippen LogP contribution in [-0.4, -0.2) is 17.0 Å². The van der Waals surface area contributed by atoms with Crippen LogP contribution in [0.25, 0.3) is 0 Å². The van der Waals surface area contributed by atoms with Gasteiger partial charge in [-0.3, -0.25) is 0 Å². The van der Waals surface area contributed by atoms with E-state index >= 15 is 0 Å². The summed E-state index contributed by atoms with van der Waals surface area (Å²) < 4.78 is 0. The number of aryl methyl sites for hydroxylation is 1. The smallest absolute Gasteiger partial charge is 0.116 e. The average molecular weight is 294 g/mol. The van der Waals surface area contributed by atoms with E-state index in [4.69, 9.17) is 4.79 Å². The zero-order valence-corrected chi connectivity index (χ0v) is 14.6. The maximum Gasteiger partial charge on any atom is 0.116 e. The maximum absolute atomic E-state index is 10.3. The van der Waals surface area contributed by atoms with Crippen molar-refractivity contribution in [3.8, 4) is 0 Å². The molecule has 1 N–H and O–H groups in total. The second-order valence-electron chi connectivity index (χ2n) is 4.90. The topological polar surface area (TPSA) is 37.3 Å². The molecule has 0 aliphatic heterocycles. The van der Waals surface area contributed by atoms with Gasteiger partial charge in [0.15, 0.2) is 0 Å². The van der Waals surface area contributed by atoms with Gasteiger partial charge in [0.2, 0.25) is 0 Å². The fourth-order valence-electron chi connectivity index (χ4n) is 2.21. The minimum absolute atomic E-state index is 0.427. The van der Waals surface area contributed by atoms with Gasteiger partial charge in [0.05, 0.1) is 5.60 Å². The van der Waals surface area contributed by atoms with Gasteiger partial charge in [-0.15, -0.1) is 0 Å². The van der Waals surface area contributed by atoms with Crippen molar-refractivity contribution in [2.45, 2.75) is 78.7 Å². The van der Waals surface area contributed by atoms with Crippen LogP contribution in [0.15, 0.2) is 30.3 Å². The molecule has 1 aromatic rings. The zero-order chi connectivity index (χ0) is 16.6. The molecule has 0 bridgehead atoms. The van der Waals surface area contributed by atoms with Crippen molar-refractivity contribution >= 4 is 6.29 Å². The highest BCUT2D eigenvalue weighted by Crippen LogP contribution is 2.24. The highest BCUT2D eigenvalue weighted by atomic mass is 16.3. The molecule has 0 aliphatic rings. The van der Waals surface area contributed by atoms with Gasteiger partial charge < -0.3 is 9.90 Å². The molecule has 0 radical (unpaired) electrons. The summed E-state index contributed by atoms with van der Waals surface area (Å²) in [5, 5.41) is 10.3. The highest BCUT2D eigenvalue weighted by molar-refractivity contribution is 5.44. The Bertz CT molecular complexity index is 322. The second-order valence-corrected chi connectivity index (χ2v) is 4.90. The van der Waals surface area contributed by atoms with Gasteiger partial charge in [-0.1, -0.05) is 64.4 Å². The molecule has 0 amide bonds. The lowest BCUT2D eigenvalue weighted by atomic mass is 9.88. The molecule has 0 unspecified atom stereocenters. The van der Waals surface area contributed by atoms with Gasteiger partial charge in [-0.25, -0.2) is 0 Å². The monoisotopic (exact) mass is 294 g/mol. The predicted molar refractivity (Wildman–Crippen MR) is 92.6 cm³/mol. The summed E-state index contributed by atoms with van der Waals surface area (Å²) in [4.78, 5) is 8.81. The largest absolute Gasteiger partial charge is 0.390 e. The highest BCUT2D eigenvalue weighted by Gasteiger charge is 2.22. The molecule has 0 saturated heterocycles. The standard InChI is InChI=1S/C15H24O.C2H4O.C2H6/c1-3-12-15(16,4-2)13-8-11-14-9-6-5-7-10-14;1-2-3;1-2/h5-7,9-10,16H,3-4,8,11-13H2,1-2H3;2H,1H3;1-2H3/t15-;;/m1../s1. The second kappa shape index (κ2) is 15.2. The van der Waals surface area contributed by atoms with Crippen LogP contribution in [0.1, 0.15) is 72.3 Å². The molecule has 1 atom stereocenters. The van der Waals surface area contributed by atoms with Crippen molar-refractivity contribution in [1.82, 2.24) is 0 Å². The average Bonchev–Trinajstić information content (AvgIpc) is 2.51. The van der Waals surface area contributed by atoms with Crippen molar-refractivity contribution in [1.29, 1.82) is 0 Å². The van der Waals surface area contributed by atoms with Crippen LogP contribution < -0.4 is 0 Å². The summed E-state index contributed by atoms with van der Waals surface area (Å²) in [6.07, 6.45) is 6.69. The normalized spacial score (nSPS) is 12.1. The number of aliphatic hydroxyl groups is 1. The Labute approximate surface area is 131 Å². The molecule has 0 aliphatic carbocycles. The van der Waals surface area contributed by atoms with Crippen LogP contribution in [0.5, 0.6) is 0 Å². The third-order valence-corrected chi connectivity index (χ3v) is 3.32. The summed E-state index contributed by atoms with van der Waals surface area (Å²) in [6.45, 7) is 9.66. The van der Waals surface area contributed by atoms with Gasteiger partial charge in [0.25, 0.3) is 0 Å². The molecule has 2 nitrogen and oxygen atoms in total. The third-order valence-electron chi connectivity index (χ3n) is 3.32. The van der Waals surface area contributed by atoms with Crippen LogP contribution in [-0.2, 0) is 11.2 Å². The molecule has 21 heavy (non-hydrogen) atoms. The lowest BCUT2D eigenvalue weighted by molar-refractivity contribution is -0.106. The van der Waals surface area contributed by atoms with Crippen molar-refractivity contribution in [2.24, 2.45) is 0 Å². The Morgan fingerprint density at radius 2 is 1.62 bits per heavy atom. The van der Waals surface area contributed by atoms with Crippen LogP contribution in [0, 0.1) is 0 Å². The summed E-state index contributed by atoms with van der Waals surface area (Å²) in [7, 11) is 0. The summed E-state index contributed by atoms with van der Waals surface area (Å²) in [6, 6.07) is 10.5. The SMILES string of the molecule is CC.CC=O.CCC[C@](O)(CC)CCCc1ccccc1. The fraction of sp³-hybridized carbons (Fsp3) is 0.632. The van der Waals surface area contributed by atoms with Crippen molar-refractivity contribution in [3.63, 3.8) is 0 Å². The number of hydrogen-bond acceptors (Lipinski definition) is 2. The lowest BCUT2D eigenvalue weighted by Crippen LogP contribution is -2.27. The molecule has 0 spiro atoms. The quantitative estimate of drug-likeness (QED) is 0.703. The van der Waals surface area contributed by atoms with E-state index in [0.29, 0.717) is 0 Å². The summed E-state index contributed by atoms with van der Waals surface area (Å²) in [5.74, 6) is 0. The maximum atomic E-state index is 10.3. The van der Waals surface area contributed by atoms with Gasteiger partial charge in [-0.2, -0.15) is 0 Å². The number of carbonyl (C=O) groups is 1. The zero-order valence-electron chi connectivity index (χ0n) is 14.6. The number of benzene rings is 1. The van der Waals surface area contributed by atoms with Crippen LogP contribution in [0.4, 0.5) is 0 Å². The van der Waals surface area contributed by atoms with Crippen molar-refractivity contribution < 1.29 is 9.90 Å². The van der Waals surface area contributed by atoms with E-state index < -0.39 is 5.60 Å². The number of rotatable bonds is 7. The van der Waals surface area contributed by atoms with Gasteiger partial charge >= 0.3 is 0 Å². The molecule has 0 heterocycles. The molecule has 0 fully saturated rings. The first-order valence-electron chi connectivity index (χ1n) is 8.28. The lowest BCUT2D eigenvalue weighted by Gasteiger charge is -2.26. The van der Waals surface area contributed by atoms with Crippen LogP contribution in [0.3, 0.4) is 0 Å². The Kier molecular flexibility index (Phi) is 16.1. The molecule has 0 saturated carbocycles. The first-order valence-corrected chi connectivity index (χ1v) is 8.28. The molecule has 122 valence electrons. The number of hydrogen-bond donors (Lipinski definition) is 1. The fourth-order valence-corrected chi connectivity index (χ4v) is 2.21. The Morgan fingerprint density at radius 3 is 2.05 bits per heavy atom. The minimum Gasteiger partial charge on any atom is -0.390 e. The summed E-state index contributed by atoms with van der Waals surface area (Å²) in [5.41, 5.74) is 0.946. The Morgan fingerprint density at radius 1 is 1.10 bits per heavy atom. The molecular weight excluding hydrogens is 260 g/mol.